The molecule has 6 heteroatoms. The van der Waals surface area contributed by atoms with Crippen LogP contribution < -0.4 is 25.3 Å². The molecule has 3 N–H and O–H groups in total. The average Bonchev–Trinajstić information content (AvgIpc) is 2.65. The fourth-order valence-corrected chi connectivity index (χ4v) is 2.51. The molecule has 0 aromatic heterocycles. The lowest BCUT2D eigenvalue weighted by molar-refractivity contribution is 0.355. The van der Waals surface area contributed by atoms with Crippen molar-refractivity contribution in [2.75, 3.05) is 33.2 Å². The number of anilines is 1. The number of ether oxygens (including phenoxy) is 3. The summed E-state index contributed by atoms with van der Waals surface area (Å²) in [4.78, 5) is 4.42. The van der Waals surface area contributed by atoms with E-state index in [0.717, 1.165) is 17.0 Å². The van der Waals surface area contributed by atoms with E-state index in [2.05, 4.69) is 17.2 Å². The van der Waals surface area contributed by atoms with E-state index in [-0.39, 0.29) is 5.92 Å². The summed E-state index contributed by atoms with van der Waals surface area (Å²) in [5, 5.41) is 3.06. The summed E-state index contributed by atoms with van der Waals surface area (Å²) in [7, 11) is 4.86. The first-order valence-corrected chi connectivity index (χ1v) is 8.01. The zero-order valence-electron chi connectivity index (χ0n) is 15.1. The van der Waals surface area contributed by atoms with E-state index in [1.165, 1.54) is 0 Å². The lowest BCUT2D eigenvalue weighted by Crippen LogP contribution is -2.23. The number of nitrogens with two attached hydrogens (primary N) is 1. The number of benzene rings is 2. The Balaban J connectivity index is 2.04. The number of para-hydroxylation sites is 1. The van der Waals surface area contributed by atoms with Crippen LogP contribution in [0.5, 0.6) is 17.2 Å². The van der Waals surface area contributed by atoms with Gasteiger partial charge in [-0.2, -0.15) is 0 Å². The lowest BCUT2D eigenvalue weighted by Gasteiger charge is -2.14. The molecule has 1 unspecified atom stereocenters. The minimum absolute atomic E-state index is 0.182. The monoisotopic (exact) mass is 343 g/mol. The maximum Gasteiger partial charge on any atom is 0.193 e. The normalized spacial score (nSPS) is 12.4. The van der Waals surface area contributed by atoms with Crippen LogP contribution in [-0.4, -0.2) is 33.8 Å². The lowest BCUT2D eigenvalue weighted by atomic mass is 10.0. The highest BCUT2D eigenvalue weighted by atomic mass is 16.5. The van der Waals surface area contributed by atoms with Crippen molar-refractivity contribution in [3.8, 4) is 17.2 Å². The molecule has 0 saturated heterocycles. The highest BCUT2D eigenvalue weighted by Crippen LogP contribution is 2.30. The number of hydrogen-bond acceptors (Lipinski definition) is 4. The summed E-state index contributed by atoms with van der Waals surface area (Å²) in [5.74, 6) is 2.67. The van der Waals surface area contributed by atoms with Gasteiger partial charge in [-0.15, -0.1) is 0 Å². The molecule has 0 fully saturated rings. The highest BCUT2D eigenvalue weighted by molar-refractivity contribution is 5.92. The third-order valence-electron chi connectivity index (χ3n) is 3.86. The van der Waals surface area contributed by atoms with E-state index in [1.807, 2.05) is 42.5 Å². The average molecular weight is 343 g/mol. The Morgan fingerprint density at radius 3 is 2.36 bits per heavy atom. The Kier molecular flexibility index (Phi) is 6.51. The molecule has 0 aliphatic rings. The van der Waals surface area contributed by atoms with E-state index < -0.39 is 0 Å². The molecule has 25 heavy (non-hydrogen) atoms. The minimum atomic E-state index is 0.182. The van der Waals surface area contributed by atoms with Crippen LogP contribution in [0.1, 0.15) is 18.4 Å². The third kappa shape index (κ3) is 4.79. The zero-order chi connectivity index (χ0) is 18.2. The molecular formula is C19H25N3O3. The zero-order valence-corrected chi connectivity index (χ0v) is 15.1. The van der Waals surface area contributed by atoms with Crippen molar-refractivity contribution in [1.82, 2.24) is 0 Å². The van der Waals surface area contributed by atoms with Gasteiger partial charge in [0.1, 0.15) is 5.75 Å². The molecule has 0 aliphatic carbocycles. The van der Waals surface area contributed by atoms with Crippen LogP contribution in [0.4, 0.5) is 5.69 Å². The van der Waals surface area contributed by atoms with E-state index in [9.17, 15) is 0 Å². The highest BCUT2D eigenvalue weighted by Gasteiger charge is 2.11. The second-order valence-corrected chi connectivity index (χ2v) is 5.56. The van der Waals surface area contributed by atoms with Gasteiger partial charge >= 0.3 is 0 Å². The molecule has 134 valence electrons. The van der Waals surface area contributed by atoms with Gasteiger partial charge in [0.2, 0.25) is 0 Å². The summed E-state index contributed by atoms with van der Waals surface area (Å²) >= 11 is 0. The van der Waals surface area contributed by atoms with Crippen molar-refractivity contribution in [2.45, 2.75) is 12.8 Å². The van der Waals surface area contributed by atoms with E-state index >= 15 is 0 Å². The molecule has 6 nitrogen and oxygen atoms in total. The molecule has 0 aliphatic heterocycles. The van der Waals surface area contributed by atoms with E-state index in [0.29, 0.717) is 24.0 Å². The van der Waals surface area contributed by atoms with Gasteiger partial charge in [0.05, 0.1) is 21.3 Å². The fourth-order valence-electron chi connectivity index (χ4n) is 2.51. The number of methoxy groups -OCH3 is 3. The van der Waals surface area contributed by atoms with Crippen molar-refractivity contribution >= 4 is 11.6 Å². The maximum absolute atomic E-state index is 6.00. The molecule has 2 aromatic rings. The Bertz CT molecular complexity index is 732. The number of rotatable bonds is 7. The Labute approximate surface area is 148 Å². The Morgan fingerprint density at radius 2 is 1.68 bits per heavy atom. The number of nitrogens with zero attached hydrogens (tertiary/aromatic N) is 1. The van der Waals surface area contributed by atoms with Crippen molar-refractivity contribution in [1.29, 1.82) is 0 Å². The molecule has 2 rings (SSSR count). The van der Waals surface area contributed by atoms with E-state index in [1.54, 1.807) is 21.3 Å². The minimum Gasteiger partial charge on any atom is -0.496 e. The summed E-state index contributed by atoms with van der Waals surface area (Å²) in [6.07, 6.45) is 0. The SMILES string of the molecule is COc1ccc(NC(N)=NCC(C)c2ccccc2OC)cc1OC. The summed E-state index contributed by atoms with van der Waals surface area (Å²) in [6.45, 7) is 2.64. The molecule has 0 amide bonds. The van der Waals surface area contributed by atoms with Crippen LogP contribution in [-0.2, 0) is 0 Å². The molecule has 0 saturated carbocycles. The van der Waals surface area contributed by atoms with Crippen molar-refractivity contribution in [3.05, 3.63) is 48.0 Å². The van der Waals surface area contributed by atoms with Crippen LogP contribution in [0.2, 0.25) is 0 Å². The second-order valence-electron chi connectivity index (χ2n) is 5.56. The van der Waals surface area contributed by atoms with Crippen LogP contribution in [0.3, 0.4) is 0 Å². The van der Waals surface area contributed by atoms with Gasteiger partial charge in [0.25, 0.3) is 0 Å². The summed E-state index contributed by atoms with van der Waals surface area (Å²) in [6, 6.07) is 13.4. The quantitative estimate of drug-likeness (QED) is 0.596. The first kappa shape index (κ1) is 18.4. The maximum atomic E-state index is 6.00. The van der Waals surface area contributed by atoms with Gasteiger partial charge in [-0.25, -0.2) is 0 Å². The molecule has 1 atom stereocenters. The fraction of sp³-hybridized carbons (Fsp3) is 0.316. The van der Waals surface area contributed by atoms with Gasteiger partial charge in [0.15, 0.2) is 17.5 Å². The second kappa shape index (κ2) is 8.82. The first-order chi connectivity index (χ1) is 12.1. The van der Waals surface area contributed by atoms with Crippen molar-refractivity contribution in [3.63, 3.8) is 0 Å². The Hall–Kier alpha value is -2.89. The smallest absolute Gasteiger partial charge is 0.193 e. The summed E-state index contributed by atoms with van der Waals surface area (Å²) < 4.78 is 15.9. The number of hydrogen-bond donors (Lipinski definition) is 2. The summed E-state index contributed by atoms with van der Waals surface area (Å²) in [5.41, 5.74) is 7.89. The number of aliphatic imine (C=N–C) groups is 1. The predicted octanol–water partition coefficient (Wildman–Crippen LogP) is 3.24. The van der Waals surface area contributed by atoms with Gasteiger partial charge in [-0.05, 0) is 23.8 Å². The van der Waals surface area contributed by atoms with Gasteiger partial charge < -0.3 is 25.3 Å². The number of guanidine groups is 1. The van der Waals surface area contributed by atoms with Crippen LogP contribution >= 0.6 is 0 Å². The topological polar surface area (TPSA) is 78.1 Å². The van der Waals surface area contributed by atoms with Crippen LogP contribution in [0.25, 0.3) is 0 Å². The number of nitrogens with one attached hydrogen (secondary N) is 1. The predicted molar refractivity (Wildman–Crippen MR) is 101 cm³/mol. The van der Waals surface area contributed by atoms with Crippen molar-refractivity contribution in [2.24, 2.45) is 10.7 Å². The third-order valence-corrected chi connectivity index (χ3v) is 3.86. The molecule has 0 radical (unpaired) electrons. The van der Waals surface area contributed by atoms with Crippen molar-refractivity contribution < 1.29 is 14.2 Å². The van der Waals surface area contributed by atoms with Crippen LogP contribution in [0, 0.1) is 0 Å². The standard InChI is InChI=1S/C19H25N3O3/c1-13(15-7-5-6-8-16(15)23-2)12-21-19(20)22-14-9-10-17(24-3)18(11-14)25-4/h5-11,13H,12H2,1-4H3,(H3,20,21,22). The Morgan fingerprint density at radius 1 is 1.00 bits per heavy atom. The van der Waals surface area contributed by atoms with Gasteiger partial charge in [-0.3, -0.25) is 4.99 Å². The first-order valence-electron chi connectivity index (χ1n) is 8.01. The molecular weight excluding hydrogens is 318 g/mol. The molecule has 2 aromatic carbocycles. The van der Waals surface area contributed by atoms with Gasteiger partial charge in [-0.1, -0.05) is 25.1 Å². The molecule has 0 spiro atoms. The van der Waals surface area contributed by atoms with Gasteiger partial charge in [0, 0.05) is 24.2 Å². The van der Waals surface area contributed by atoms with Crippen LogP contribution in [0.15, 0.2) is 47.5 Å². The van der Waals surface area contributed by atoms with E-state index in [4.69, 9.17) is 19.9 Å². The molecule has 0 heterocycles. The largest absolute Gasteiger partial charge is 0.496 e. The molecule has 0 bridgehead atoms.